The average Bonchev–Trinajstić information content (AvgIpc) is 2.14. The predicted molar refractivity (Wildman–Crippen MR) is 50.4 cm³/mol. The van der Waals surface area contributed by atoms with Gasteiger partial charge in [-0.1, -0.05) is 6.07 Å². The summed E-state index contributed by atoms with van der Waals surface area (Å²) in [5.74, 6) is 0. The Morgan fingerprint density at radius 2 is 1.61 bits per heavy atom. The number of rotatable bonds is 2. The van der Waals surface area contributed by atoms with Crippen LogP contribution in [0.2, 0.25) is 0 Å². The standard InChI is InChI=1S/C9H8F4NO2S.U/c1-8(2,10)6-4-3-5(17(15)16)7(14-6)9(11,12)13;/h3-4H,1-2H3;/q-1;. The molecule has 100 valence electrons. The van der Waals surface area contributed by atoms with Gasteiger partial charge in [0.2, 0.25) is 0 Å². The molecule has 0 aliphatic rings. The van der Waals surface area contributed by atoms with Gasteiger partial charge in [0.1, 0.15) is 11.4 Å². The fraction of sp³-hybridized carbons (Fsp3) is 0.444. The molecule has 0 bridgehead atoms. The van der Waals surface area contributed by atoms with E-state index in [2.05, 4.69) is 4.98 Å². The number of halogens is 4. The molecule has 0 radical (unpaired) electrons. The van der Waals surface area contributed by atoms with Crippen molar-refractivity contribution in [1.82, 2.24) is 4.98 Å². The van der Waals surface area contributed by atoms with E-state index in [0.29, 0.717) is 6.07 Å². The van der Waals surface area contributed by atoms with Crippen molar-refractivity contribution in [2.24, 2.45) is 0 Å². The molecule has 0 aromatic carbocycles. The maximum absolute atomic E-state index is 13.4. The molecule has 0 atom stereocenters. The normalized spacial score (nSPS) is 12.4. The summed E-state index contributed by atoms with van der Waals surface area (Å²) in [4.78, 5) is 2.05. The van der Waals surface area contributed by atoms with E-state index in [4.69, 9.17) is 0 Å². The Morgan fingerprint density at radius 3 is 1.94 bits per heavy atom. The summed E-state index contributed by atoms with van der Waals surface area (Å²) in [5.41, 5.74) is -4.16. The molecule has 1 heterocycles. The van der Waals surface area contributed by atoms with Crippen molar-refractivity contribution in [1.29, 1.82) is 0 Å². The Morgan fingerprint density at radius 1 is 1.11 bits per heavy atom. The average molecular weight is 508 g/mol. The van der Waals surface area contributed by atoms with Crippen molar-refractivity contribution in [3.05, 3.63) is 23.5 Å². The van der Waals surface area contributed by atoms with Gasteiger partial charge < -0.3 is 8.42 Å². The topological polar surface area (TPSA) is 47.0 Å². The first-order chi connectivity index (χ1) is 7.53. The van der Waals surface area contributed by atoms with Crippen molar-refractivity contribution < 1.29 is 57.1 Å². The first-order valence-electron chi connectivity index (χ1n) is 4.40. The third-order valence-corrected chi connectivity index (χ3v) is 2.60. The molecule has 0 N–H and O–H groups in total. The summed E-state index contributed by atoms with van der Waals surface area (Å²) in [5, 5.41) is 0. The van der Waals surface area contributed by atoms with E-state index >= 15 is 0 Å². The van der Waals surface area contributed by atoms with E-state index in [1.165, 1.54) is 0 Å². The quantitative estimate of drug-likeness (QED) is 0.456. The number of pyridine rings is 1. The Balaban J connectivity index is 0.00000289. The predicted octanol–water partition coefficient (Wildman–Crippen LogP) is 2.97. The molecule has 0 aliphatic carbocycles. The maximum Gasteiger partial charge on any atom is 0.431 e. The van der Waals surface area contributed by atoms with Gasteiger partial charge in [-0.25, -0.2) is 9.37 Å². The molecule has 1 aromatic rings. The molecular weight excluding hydrogens is 500 g/mol. The van der Waals surface area contributed by atoms with Crippen molar-refractivity contribution in [3.8, 4) is 0 Å². The summed E-state index contributed by atoms with van der Waals surface area (Å²) in [6.07, 6.45) is -4.95. The van der Waals surface area contributed by atoms with Crippen LogP contribution in [-0.4, -0.2) is 4.98 Å². The smallest absolute Gasteiger partial charge is 0.420 e. The zero-order chi connectivity index (χ0) is 13.4. The monoisotopic (exact) mass is 508 g/mol. The largest absolute Gasteiger partial charge is 0.431 e. The van der Waals surface area contributed by atoms with Gasteiger partial charge in [-0.2, -0.15) is 13.2 Å². The van der Waals surface area contributed by atoms with Gasteiger partial charge in [-0.05, 0) is 35.5 Å². The van der Waals surface area contributed by atoms with Crippen molar-refractivity contribution in [2.75, 3.05) is 0 Å². The van der Waals surface area contributed by atoms with Gasteiger partial charge in [-0.15, -0.1) is 0 Å². The number of hydrogen-bond donors (Lipinski definition) is 0. The van der Waals surface area contributed by atoms with Gasteiger partial charge in [0, 0.05) is 31.1 Å². The van der Waals surface area contributed by atoms with Crippen LogP contribution in [0.25, 0.3) is 0 Å². The summed E-state index contributed by atoms with van der Waals surface area (Å²) in [6, 6.07) is 1.61. The fourth-order valence-electron chi connectivity index (χ4n) is 1.12. The first-order valence-corrected chi connectivity index (χ1v) is 5.48. The van der Waals surface area contributed by atoms with Gasteiger partial charge in [0.15, 0.2) is 0 Å². The van der Waals surface area contributed by atoms with Gasteiger partial charge in [0.25, 0.3) is 0 Å². The number of alkyl halides is 4. The molecule has 0 saturated heterocycles. The number of aromatic nitrogens is 1. The van der Waals surface area contributed by atoms with Crippen LogP contribution >= 0.6 is 0 Å². The third-order valence-electron chi connectivity index (χ3n) is 1.92. The Bertz CT molecular complexity index is 500. The summed E-state index contributed by atoms with van der Waals surface area (Å²) < 4.78 is 72.2. The van der Waals surface area contributed by atoms with E-state index in [9.17, 15) is 26.0 Å². The van der Waals surface area contributed by atoms with Crippen LogP contribution in [0.1, 0.15) is 25.2 Å². The van der Waals surface area contributed by atoms with Gasteiger partial charge in [-0.3, -0.25) is 0 Å². The van der Waals surface area contributed by atoms with Crippen LogP contribution in [0.4, 0.5) is 17.6 Å². The minimum absolute atomic E-state index is 0. The first kappa shape index (κ1) is 17.9. The van der Waals surface area contributed by atoms with Crippen molar-refractivity contribution in [2.45, 2.75) is 30.6 Å². The Kier molecular flexibility index (Phi) is 5.84. The van der Waals surface area contributed by atoms with E-state index in [1.807, 2.05) is 0 Å². The molecule has 1 rings (SSSR count). The maximum atomic E-state index is 13.4. The molecule has 0 unspecified atom stereocenters. The molecule has 3 nitrogen and oxygen atoms in total. The molecule has 0 aliphatic heterocycles. The SMILES string of the molecule is CC(C)(F)c1ccc([S-](=O)=O)c(C(F)(F)F)n1.[U]. The molecule has 0 spiro atoms. The van der Waals surface area contributed by atoms with Gasteiger partial charge in [0.05, 0.1) is 5.69 Å². The molecule has 9 heteroatoms. The van der Waals surface area contributed by atoms with E-state index in [-0.39, 0.29) is 31.1 Å². The minimum Gasteiger partial charge on any atom is -0.420 e. The molecule has 0 amide bonds. The van der Waals surface area contributed by atoms with Gasteiger partial charge >= 0.3 is 6.18 Å². The second kappa shape index (κ2) is 5.89. The summed E-state index contributed by atoms with van der Waals surface area (Å²) in [7, 11) is -3.08. The summed E-state index contributed by atoms with van der Waals surface area (Å²) >= 11 is 0. The third kappa shape index (κ3) is 4.21. The van der Waals surface area contributed by atoms with E-state index in [0.717, 1.165) is 19.9 Å². The van der Waals surface area contributed by atoms with Crippen LogP contribution in [-0.2, 0) is 31.0 Å². The van der Waals surface area contributed by atoms with E-state index < -0.39 is 38.8 Å². The number of hydrogen-bond acceptors (Lipinski definition) is 4. The molecule has 1 aromatic heterocycles. The molecule has 0 fully saturated rings. The van der Waals surface area contributed by atoms with Crippen LogP contribution in [0.5, 0.6) is 0 Å². The second-order valence-electron chi connectivity index (χ2n) is 3.75. The van der Waals surface area contributed by atoms with E-state index in [1.54, 1.807) is 0 Å². The van der Waals surface area contributed by atoms with Crippen LogP contribution in [0, 0.1) is 31.1 Å². The molecule has 0 saturated carbocycles. The zero-order valence-corrected chi connectivity index (χ0v) is 14.3. The summed E-state index contributed by atoms with van der Waals surface area (Å²) in [6.45, 7) is 2.06. The fourth-order valence-corrected chi connectivity index (χ4v) is 1.61. The molecular formula is C9H8F4NO2SU-. The Hall–Kier alpha value is -0.128. The van der Waals surface area contributed by atoms with Crippen molar-refractivity contribution in [3.63, 3.8) is 0 Å². The van der Waals surface area contributed by atoms with Crippen LogP contribution < -0.4 is 0 Å². The zero-order valence-electron chi connectivity index (χ0n) is 9.34. The Labute approximate surface area is 126 Å². The number of nitrogens with zero attached hydrogens (tertiary/aromatic N) is 1. The molecule has 18 heavy (non-hydrogen) atoms. The minimum atomic E-state index is -4.95. The van der Waals surface area contributed by atoms with Crippen LogP contribution in [0.3, 0.4) is 0 Å². The van der Waals surface area contributed by atoms with Crippen molar-refractivity contribution >= 4 is 10.7 Å². The second-order valence-corrected chi connectivity index (χ2v) is 4.66. The van der Waals surface area contributed by atoms with Crippen LogP contribution in [0.15, 0.2) is 17.0 Å².